The number of ether oxygens (including phenoxy) is 2. The second-order valence-electron chi connectivity index (χ2n) is 3.41. The molecule has 0 radical (unpaired) electrons. The van der Waals surface area contributed by atoms with Gasteiger partial charge in [-0.05, 0) is 19.1 Å². The number of methoxy groups -OCH3 is 2. The van der Waals surface area contributed by atoms with Crippen molar-refractivity contribution in [3.8, 4) is 11.5 Å². The van der Waals surface area contributed by atoms with E-state index in [1.807, 2.05) is 0 Å². The zero-order chi connectivity index (χ0) is 12.1. The second kappa shape index (κ2) is 5.30. The van der Waals surface area contributed by atoms with E-state index in [0.29, 0.717) is 28.9 Å². The molecule has 0 aliphatic carbocycles. The summed E-state index contributed by atoms with van der Waals surface area (Å²) in [5.74, 6) is 0.968. The molecule has 0 spiro atoms. The molecule has 0 aliphatic rings. The molecule has 1 rings (SSSR count). The van der Waals surface area contributed by atoms with Crippen LogP contribution in [-0.4, -0.2) is 26.3 Å². The summed E-state index contributed by atoms with van der Waals surface area (Å²) in [6, 6.07) is 3.21. The Labute approximate surface area is 94.2 Å². The number of carbonyl (C=O) groups is 2. The average Bonchev–Trinajstić information content (AvgIpc) is 2.27. The number of rotatable bonds is 5. The number of Topliss-reactive ketones (excluding diaryl/α,β-unsaturated/α-hetero) is 1. The van der Waals surface area contributed by atoms with Gasteiger partial charge in [0, 0.05) is 17.5 Å². The van der Waals surface area contributed by atoms with Crippen LogP contribution in [-0.2, 0) is 11.2 Å². The van der Waals surface area contributed by atoms with Crippen molar-refractivity contribution in [1.29, 1.82) is 0 Å². The molecule has 0 saturated heterocycles. The molecule has 0 unspecified atom stereocenters. The van der Waals surface area contributed by atoms with Crippen LogP contribution in [0.15, 0.2) is 12.1 Å². The maximum Gasteiger partial charge on any atom is 0.164 e. The Morgan fingerprint density at radius 1 is 1.31 bits per heavy atom. The molecule has 1 aromatic rings. The van der Waals surface area contributed by atoms with Crippen molar-refractivity contribution in [2.75, 3.05) is 14.2 Å². The van der Waals surface area contributed by atoms with Gasteiger partial charge in [0.05, 0.1) is 14.2 Å². The normalized spacial score (nSPS) is 9.69. The first-order chi connectivity index (χ1) is 7.62. The van der Waals surface area contributed by atoms with E-state index in [1.165, 1.54) is 21.1 Å². The van der Waals surface area contributed by atoms with E-state index < -0.39 is 0 Å². The summed E-state index contributed by atoms with van der Waals surface area (Å²) in [6.07, 6.45) is 0.937. The summed E-state index contributed by atoms with van der Waals surface area (Å²) in [7, 11) is 2.99. The van der Waals surface area contributed by atoms with Gasteiger partial charge in [0.25, 0.3) is 0 Å². The Morgan fingerprint density at radius 2 is 2.00 bits per heavy atom. The van der Waals surface area contributed by atoms with Crippen molar-refractivity contribution in [1.82, 2.24) is 0 Å². The van der Waals surface area contributed by atoms with Crippen molar-refractivity contribution < 1.29 is 19.1 Å². The Morgan fingerprint density at radius 3 is 2.44 bits per heavy atom. The van der Waals surface area contributed by atoms with Crippen LogP contribution in [0.5, 0.6) is 11.5 Å². The molecule has 0 aromatic heterocycles. The van der Waals surface area contributed by atoms with Gasteiger partial charge in [0.1, 0.15) is 12.1 Å². The lowest BCUT2D eigenvalue weighted by atomic mass is 10.0. The molecule has 0 N–H and O–H groups in total. The fraction of sp³-hybridized carbons (Fsp3) is 0.333. The molecule has 16 heavy (non-hydrogen) atoms. The van der Waals surface area contributed by atoms with Gasteiger partial charge >= 0.3 is 0 Å². The first-order valence-corrected chi connectivity index (χ1v) is 4.82. The van der Waals surface area contributed by atoms with Gasteiger partial charge in [-0.3, -0.25) is 9.59 Å². The van der Waals surface area contributed by atoms with Gasteiger partial charge in [-0.15, -0.1) is 0 Å². The summed E-state index contributed by atoms with van der Waals surface area (Å²) < 4.78 is 10.3. The van der Waals surface area contributed by atoms with Gasteiger partial charge in [-0.25, -0.2) is 0 Å². The van der Waals surface area contributed by atoms with Gasteiger partial charge in [0.15, 0.2) is 11.5 Å². The van der Waals surface area contributed by atoms with E-state index in [0.717, 1.165) is 0 Å². The summed E-state index contributed by atoms with van der Waals surface area (Å²) in [4.78, 5) is 21.8. The molecule has 0 saturated carbocycles. The molecule has 0 atom stereocenters. The van der Waals surface area contributed by atoms with Crippen molar-refractivity contribution in [2.24, 2.45) is 0 Å². The standard InChI is InChI=1S/C12H14O4/c1-8(14)4-10-5-9(7-13)6-11(15-2)12(10)16-3/h5-7H,4H2,1-3H3. The minimum Gasteiger partial charge on any atom is -0.493 e. The molecule has 4 heteroatoms. The Balaban J connectivity index is 3.30. The quantitative estimate of drug-likeness (QED) is 0.711. The maximum atomic E-state index is 11.1. The molecule has 4 nitrogen and oxygen atoms in total. The topological polar surface area (TPSA) is 52.6 Å². The van der Waals surface area contributed by atoms with E-state index in [2.05, 4.69) is 0 Å². The summed E-state index contributed by atoms with van der Waals surface area (Å²) in [5, 5.41) is 0. The minimum absolute atomic E-state index is 0.00315. The van der Waals surface area contributed by atoms with Crippen LogP contribution in [0.2, 0.25) is 0 Å². The van der Waals surface area contributed by atoms with E-state index in [9.17, 15) is 9.59 Å². The SMILES string of the molecule is COc1cc(C=O)cc(CC(C)=O)c1OC. The van der Waals surface area contributed by atoms with Crippen LogP contribution in [0.1, 0.15) is 22.8 Å². The van der Waals surface area contributed by atoms with E-state index >= 15 is 0 Å². The molecular weight excluding hydrogens is 208 g/mol. The monoisotopic (exact) mass is 222 g/mol. The second-order valence-corrected chi connectivity index (χ2v) is 3.41. The van der Waals surface area contributed by atoms with Crippen LogP contribution in [0.4, 0.5) is 0 Å². The Kier molecular flexibility index (Phi) is 4.05. The lowest BCUT2D eigenvalue weighted by Gasteiger charge is -2.12. The van der Waals surface area contributed by atoms with Crippen LogP contribution < -0.4 is 9.47 Å². The first kappa shape index (κ1) is 12.2. The minimum atomic E-state index is 0.00315. The van der Waals surface area contributed by atoms with Crippen molar-refractivity contribution in [3.05, 3.63) is 23.3 Å². The third kappa shape index (κ3) is 2.59. The third-order valence-corrected chi connectivity index (χ3v) is 2.15. The van der Waals surface area contributed by atoms with Gasteiger partial charge in [0.2, 0.25) is 0 Å². The number of hydrogen-bond donors (Lipinski definition) is 0. The smallest absolute Gasteiger partial charge is 0.164 e. The van der Waals surface area contributed by atoms with E-state index in [-0.39, 0.29) is 12.2 Å². The number of carbonyl (C=O) groups excluding carboxylic acids is 2. The fourth-order valence-corrected chi connectivity index (χ4v) is 1.53. The number of benzene rings is 1. The predicted octanol–water partition coefficient (Wildman–Crippen LogP) is 1.65. The lowest BCUT2D eigenvalue weighted by molar-refractivity contribution is -0.116. The zero-order valence-corrected chi connectivity index (χ0v) is 9.57. The van der Waals surface area contributed by atoms with Gasteiger partial charge in [-0.2, -0.15) is 0 Å². The van der Waals surface area contributed by atoms with Crippen LogP contribution >= 0.6 is 0 Å². The van der Waals surface area contributed by atoms with Crippen LogP contribution in [0, 0.1) is 0 Å². The third-order valence-electron chi connectivity index (χ3n) is 2.15. The molecule has 0 aliphatic heterocycles. The number of hydrogen-bond acceptors (Lipinski definition) is 4. The summed E-state index contributed by atoms with van der Waals surface area (Å²) >= 11 is 0. The van der Waals surface area contributed by atoms with Crippen molar-refractivity contribution >= 4 is 12.1 Å². The molecule has 0 fully saturated rings. The van der Waals surface area contributed by atoms with Crippen LogP contribution in [0.3, 0.4) is 0 Å². The number of ketones is 1. The highest BCUT2D eigenvalue weighted by atomic mass is 16.5. The fourth-order valence-electron chi connectivity index (χ4n) is 1.53. The first-order valence-electron chi connectivity index (χ1n) is 4.82. The molecule has 0 heterocycles. The highest BCUT2D eigenvalue weighted by Gasteiger charge is 2.13. The molecule has 0 bridgehead atoms. The highest BCUT2D eigenvalue weighted by molar-refractivity contribution is 5.82. The Bertz CT molecular complexity index is 410. The number of aldehydes is 1. The van der Waals surface area contributed by atoms with Gasteiger partial charge < -0.3 is 9.47 Å². The van der Waals surface area contributed by atoms with Crippen molar-refractivity contribution in [3.63, 3.8) is 0 Å². The molecular formula is C12H14O4. The van der Waals surface area contributed by atoms with E-state index in [4.69, 9.17) is 9.47 Å². The zero-order valence-electron chi connectivity index (χ0n) is 9.57. The molecule has 1 aromatic carbocycles. The van der Waals surface area contributed by atoms with Crippen molar-refractivity contribution in [2.45, 2.75) is 13.3 Å². The van der Waals surface area contributed by atoms with Gasteiger partial charge in [-0.1, -0.05) is 0 Å². The van der Waals surface area contributed by atoms with E-state index in [1.54, 1.807) is 12.1 Å². The summed E-state index contributed by atoms with van der Waals surface area (Å²) in [6.45, 7) is 1.49. The van der Waals surface area contributed by atoms with Crippen LogP contribution in [0.25, 0.3) is 0 Å². The predicted molar refractivity (Wildman–Crippen MR) is 59.3 cm³/mol. The summed E-state index contributed by atoms with van der Waals surface area (Å²) in [5.41, 5.74) is 1.13. The Hall–Kier alpha value is -1.84. The lowest BCUT2D eigenvalue weighted by Crippen LogP contribution is -2.02. The average molecular weight is 222 g/mol. The maximum absolute atomic E-state index is 11.1. The molecule has 86 valence electrons. The highest BCUT2D eigenvalue weighted by Crippen LogP contribution is 2.32. The largest absolute Gasteiger partial charge is 0.493 e. The molecule has 0 amide bonds.